The van der Waals surface area contributed by atoms with E-state index in [4.69, 9.17) is 11.5 Å². The first-order chi connectivity index (χ1) is 8.15. The van der Waals surface area contributed by atoms with Gasteiger partial charge in [-0.1, -0.05) is 0 Å². The lowest BCUT2D eigenvalue weighted by Gasteiger charge is -2.24. The summed E-state index contributed by atoms with van der Waals surface area (Å²) in [7, 11) is 0. The number of nitrogens with one attached hydrogen (secondary N) is 1. The van der Waals surface area contributed by atoms with Crippen LogP contribution in [0.5, 0.6) is 0 Å². The average Bonchev–Trinajstić information content (AvgIpc) is 2.78. The van der Waals surface area contributed by atoms with Crippen LogP contribution in [-0.4, -0.2) is 40.5 Å². The zero-order valence-corrected chi connectivity index (χ0v) is 10.2. The fraction of sp³-hybridized carbons (Fsp3) is 0.636. The second-order valence-corrected chi connectivity index (χ2v) is 4.51. The van der Waals surface area contributed by atoms with Gasteiger partial charge in [0, 0.05) is 18.7 Å². The number of hydrogen-bond acceptors (Lipinski definition) is 6. The topological polar surface area (TPSA) is 93.1 Å². The maximum atomic E-state index is 5.61. The largest absolute Gasteiger partial charge is 0.383 e. The number of hydrogen-bond donors (Lipinski definition) is 3. The molecule has 2 rings (SSSR count). The predicted octanol–water partition coefficient (Wildman–Crippen LogP) is 0.537. The molecule has 0 aliphatic carbocycles. The van der Waals surface area contributed by atoms with Crippen molar-refractivity contribution < 1.29 is 0 Å². The number of rotatable bonds is 4. The standard InChI is InChI=1S/C11H20N6/c1-8(17-4-2-3-5-17)7-14-10-6-9(12)15-11(13)16-10/h6,8H,2-5,7H2,1H3,(H5,12,13,14,15,16). The Labute approximate surface area is 101 Å². The van der Waals surface area contributed by atoms with E-state index in [-0.39, 0.29) is 5.95 Å². The van der Waals surface area contributed by atoms with E-state index in [2.05, 4.69) is 27.1 Å². The van der Waals surface area contributed by atoms with Gasteiger partial charge in [0.05, 0.1) is 0 Å². The molecule has 0 radical (unpaired) electrons. The van der Waals surface area contributed by atoms with Crippen LogP contribution in [0.15, 0.2) is 6.07 Å². The highest BCUT2D eigenvalue weighted by molar-refractivity contribution is 5.48. The fourth-order valence-corrected chi connectivity index (χ4v) is 2.14. The summed E-state index contributed by atoms with van der Waals surface area (Å²) in [5, 5.41) is 3.25. The van der Waals surface area contributed by atoms with Crippen molar-refractivity contribution in [2.24, 2.45) is 0 Å². The lowest BCUT2D eigenvalue weighted by molar-refractivity contribution is 0.269. The van der Waals surface area contributed by atoms with Crippen molar-refractivity contribution in [3.63, 3.8) is 0 Å². The van der Waals surface area contributed by atoms with Gasteiger partial charge in [-0.3, -0.25) is 4.90 Å². The van der Waals surface area contributed by atoms with E-state index in [1.807, 2.05) is 0 Å². The van der Waals surface area contributed by atoms with E-state index in [1.165, 1.54) is 25.9 Å². The first kappa shape index (κ1) is 11.9. The molecule has 6 nitrogen and oxygen atoms in total. The molecule has 1 unspecified atom stereocenters. The van der Waals surface area contributed by atoms with Crippen LogP contribution in [-0.2, 0) is 0 Å². The number of nitrogen functional groups attached to an aromatic ring is 2. The molecule has 0 saturated carbocycles. The first-order valence-electron chi connectivity index (χ1n) is 6.03. The second kappa shape index (κ2) is 5.18. The van der Waals surface area contributed by atoms with E-state index in [9.17, 15) is 0 Å². The van der Waals surface area contributed by atoms with E-state index in [1.54, 1.807) is 6.07 Å². The maximum absolute atomic E-state index is 5.61. The minimum absolute atomic E-state index is 0.210. The zero-order chi connectivity index (χ0) is 12.3. The SMILES string of the molecule is CC(CNc1cc(N)nc(N)n1)N1CCCC1. The van der Waals surface area contributed by atoms with Crippen molar-refractivity contribution in [2.75, 3.05) is 36.4 Å². The van der Waals surface area contributed by atoms with Crippen LogP contribution in [0.1, 0.15) is 19.8 Å². The van der Waals surface area contributed by atoms with E-state index >= 15 is 0 Å². The molecule has 1 atom stereocenters. The van der Waals surface area contributed by atoms with Gasteiger partial charge in [-0.2, -0.15) is 9.97 Å². The summed E-state index contributed by atoms with van der Waals surface area (Å²) < 4.78 is 0. The molecule has 17 heavy (non-hydrogen) atoms. The van der Waals surface area contributed by atoms with Gasteiger partial charge in [-0.05, 0) is 32.9 Å². The Kier molecular flexibility index (Phi) is 3.63. The lowest BCUT2D eigenvalue weighted by atomic mass is 10.3. The highest BCUT2D eigenvalue weighted by Gasteiger charge is 2.17. The molecule has 5 N–H and O–H groups in total. The molecule has 6 heteroatoms. The van der Waals surface area contributed by atoms with Gasteiger partial charge in [0.2, 0.25) is 5.95 Å². The Morgan fingerprint density at radius 1 is 1.35 bits per heavy atom. The molecule has 0 aromatic carbocycles. The van der Waals surface area contributed by atoms with Gasteiger partial charge < -0.3 is 16.8 Å². The Morgan fingerprint density at radius 3 is 2.71 bits per heavy atom. The van der Waals surface area contributed by atoms with E-state index in [0.29, 0.717) is 17.7 Å². The lowest BCUT2D eigenvalue weighted by Crippen LogP contribution is -2.35. The molecule has 94 valence electrons. The molecule has 0 spiro atoms. The summed E-state index contributed by atoms with van der Waals surface area (Å²) in [6.45, 7) is 5.44. The highest BCUT2D eigenvalue weighted by atomic mass is 15.2. The molecule has 1 aromatic rings. The minimum atomic E-state index is 0.210. The fourth-order valence-electron chi connectivity index (χ4n) is 2.14. The van der Waals surface area contributed by atoms with Crippen molar-refractivity contribution in [1.82, 2.24) is 14.9 Å². The summed E-state index contributed by atoms with van der Waals surface area (Å²) in [4.78, 5) is 10.4. The third-order valence-electron chi connectivity index (χ3n) is 3.11. The molecule has 1 aromatic heterocycles. The summed E-state index contributed by atoms with van der Waals surface area (Å²) in [6.07, 6.45) is 2.61. The van der Waals surface area contributed by atoms with Gasteiger partial charge in [0.1, 0.15) is 11.6 Å². The van der Waals surface area contributed by atoms with Gasteiger partial charge in [-0.15, -0.1) is 0 Å². The third kappa shape index (κ3) is 3.20. The maximum Gasteiger partial charge on any atom is 0.223 e. The Morgan fingerprint density at radius 2 is 2.06 bits per heavy atom. The summed E-state index contributed by atoms with van der Waals surface area (Å²) in [5.41, 5.74) is 11.1. The third-order valence-corrected chi connectivity index (χ3v) is 3.11. The molecular weight excluding hydrogens is 216 g/mol. The van der Waals surface area contributed by atoms with Gasteiger partial charge >= 0.3 is 0 Å². The first-order valence-corrected chi connectivity index (χ1v) is 6.03. The van der Waals surface area contributed by atoms with Crippen molar-refractivity contribution in [2.45, 2.75) is 25.8 Å². The minimum Gasteiger partial charge on any atom is -0.383 e. The summed E-state index contributed by atoms with van der Waals surface area (Å²) >= 11 is 0. The number of nitrogens with two attached hydrogens (primary N) is 2. The second-order valence-electron chi connectivity index (χ2n) is 4.51. The molecule has 0 amide bonds. The molecule has 0 bridgehead atoms. The molecule has 1 fully saturated rings. The van der Waals surface area contributed by atoms with Crippen LogP contribution in [0.25, 0.3) is 0 Å². The zero-order valence-electron chi connectivity index (χ0n) is 10.2. The van der Waals surface area contributed by atoms with Crippen LogP contribution in [0.2, 0.25) is 0 Å². The van der Waals surface area contributed by atoms with E-state index < -0.39 is 0 Å². The van der Waals surface area contributed by atoms with Crippen molar-refractivity contribution >= 4 is 17.6 Å². The van der Waals surface area contributed by atoms with Crippen LogP contribution >= 0.6 is 0 Å². The van der Waals surface area contributed by atoms with Gasteiger partial charge in [-0.25, -0.2) is 0 Å². The summed E-state index contributed by atoms with van der Waals surface area (Å²) in [6, 6.07) is 2.20. The normalized spacial score (nSPS) is 18.2. The summed E-state index contributed by atoms with van der Waals surface area (Å²) in [5.74, 6) is 1.30. The smallest absolute Gasteiger partial charge is 0.223 e. The Bertz CT molecular complexity index is 354. The molecule has 1 aliphatic heterocycles. The monoisotopic (exact) mass is 236 g/mol. The van der Waals surface area contributed by atoms with E-state index in [0.717, 1.165) is 6.54 Å². The van der Waals surface area contributed by atoms with Crippen LogP contribution < -0.4 is 16.8 Å². The van der Waals surface area contributed by atoms with Crippen LogP contribution in [0.3, 0.4) is 0 Å². The average molecular weight is 236 g/mol. The number of anilines is 3. The van der Waals surface area contributed by atoms with Gasteiger partial charge in [0.25, 0.3) is 0 Å². The van der Waals surface area contributed by atoms with Crippen molar-refractivity contribution in [3.05, 3.63) is 6.07 Å². The Hall–Kier alpha value is -1.56. The predicted molar refractivity (Wildman–Crippen MR) is 69.6 cm³/mol. The molecule has 2 heterocycles. The number of likely N-dealkylation sites (tertiary alicyclic amines) is 1. The molecule has 1 saturated heterocycles. The van der Waals surface area contributed by atoms with Crippen LogP contribution in [0, 0.1) is 0 Å². The number of aromatic nitrogens is 2. The van der Waals surface area contributed by atoms with Crippen molar-refractivity contribution in [3.8, 4) is 0 Å². The highest BCUT2D eigenvalue weighted by Crippen LogP contribution is 2.13. The molecule has 1 aliphatic rings. The quantitative estimate of drug-likeness (QED) is 0.706. The Balaban J connectivity index is 1.88. The van der Waals surface area contributed by atoms with Gasteiger partial charge in [0.15, 0.2) is 0 Å². The number of nitrogens with zero attached hydrogens (tertiary/aromatic N) is 3. The van der Waals surface area contributed by atoms with Crippen molar-refractivity contribution in [1.29, 1.82) is 0 Å². The van der Waals surface area contributed by atoms with Crippen LogP contribution in [0.4, 0.5) is 17.6 Å². The molecular formula is C11H20N6.